The number of amides is 2. The smallest absolute Gasteiger partial charge is 0.327 e. The number of aliphatic carboxylic acids is 1. The van der Waals surface area contributed by atoms with Gasteiger partial charge in [-0.3, -0.25) is 9.59 Å². The second-order valence-corrected chi connectivity index (χ2v) is 7.79. The summed E-state index contributed by atoms with van der Waals surface area (Å²) in [6, 6.07) is 9.15. The molecule has 2 aromatic carbocycles. The number of carboxylic acid groups (broad SMARTS) is 1. The second kappa shape index (κ2) is 8.22. The number of rotatable bonds is 5. The second-order valence-electron chi connectivity index (χ2n) is 7.00. The van der Waals surface area contributed by atoms with Crippen molar-refractivity contribution < 1.29 is 23.9 Å². The molecule has 0 saturated heterocycles. The standard InChI is InChI=1S/C21H17Cl2N3O5/c22-12-8-14-11(18(23)17(12)19(27)25-13(9-24)21(29)30)5-6-26(14)20(28)16-7-10-3-1-2-4-15(10)31-16/h1-4,7-8,13H,5-6,9,24H2,(H,25,27)(H,29,30)/t13-/m0/s1. The summed E-state index contributed by atoms with van der Waals surface area (Å²) in [6.07, 6.45) is 0.400. The Labute approximate surface area is 186 Å². The van der Waals surface area contributed by atoms with Crippen LogP contribution in [0.15, 0.2) is 40.8 Å². The number of carboxylic acids is 1. The fourth-order valence-electron chi connectivity index (χ4n) is 3.56. The molecule has 4 rings (SSSR count). The van der Waals surface area contributed by atoms with Gasteiger partial charge in [0, 0.05) is 18.5 Å². The molecule has 0 spiro atoms. The Morgan fingerprint density at radius 1 is 1.23 bits per heavy atom. The summed E-state index contributed by atoms with van der Waals surface area (Å²) in [7, 11) is 0. The van der Waals surface area contributed by atoms with Gasteiger partial charge in [-0.25, -0.2) is 4.79 Å². The van der Waals surface area contributed by atoms with Gasteiger partial charge in [-0.05, 0) is 30.2 Å². The fraction of sp³-hybridized carbons (Fsp3) is 0.190. The molecule has 2 heterocycles. The van der Waals surface area contributed by atoms with Crippen LogP contribution in [0.3, 0.4) is 0 Å². The number of benzene rings is 2. The maximum absolute atomic E-state index is 13.1. The molecule has 1 aliphatic rings. The van der Waals surface area contributed by atoms with Crippen LogP contribution < -0.4 is 16.0 Å². The molecule has 2 amide bonds. The first-order chi connectivity index (χ1) is 14.8. The van der Waals surface area contributed by atoms with Crippen LogP contribution in [0.4, 0.5) is 5.69 Å². The molecule has 0 saturated carbocycles. The van der Waals surface area contributed by atoms with Crippen molar-refractivity contribution in [2.45, 2.75) is 12.5 Å². The number of para-hydroxylation sites is 1. The van der Waals surface area contributed by atoms with Crippen LogP contribution in [0, 0.1) is 0 Å². The number of carbonyl (C=O) groups is 3. The van der Waals surface area contributed by atoms with Gasteiger partial charge in [0.1, 0.15) is 11.6 Å². The van der Waals surface area contributed by atoms with Gasteiger partial charge >= 0.3 is 5.97 Å². The quantitative estimate of drug-likeness (QED) is 0.535. The van der Waals surface area contributed by atoms with E-state index in [4.69, 9.17) is 38.5 Å². The molecular formula is C21H17Cl2N3O5. The number of nitrogens with zero attached hydrogens (tertiary/aromatic N) is 1. The van der Waals surface area contributed by atoms with Gasteiger partial charge < -0.3 is 25.5 Å². The molecule has 160 valence electrons. The van der Waals surface area contributed by atoms with Gasteiger partial charge in [0.2, 0.25) is 0 Å². The fourth-order valence-corrected chi connectivity index (χ4v) is 4.27. The van der Waals surface area contributed by atoms with E-state index in [1.54, 1.807) is 12.1 Å². The average Bonchev–Trinajstić information content (AvgIpc) is 3.35. The van der Waals surface area contributed by atoms with Crippen molar-refractivity contribution >= 4 is 57.6 Å². The van der Waals surface area contributed by atoms with E-state index in [0.717, 1.165) is 5.39 Å². The highest BCUT2D eigenvalue weighted by Gasteiger charge is 2.33. The maximum atomic E-state index is 13.1. The number of hydrogen-bond acceptors (Lipinski definition) is 5. The van der Waals surface area contributed by atoms with Crippen molar-refractivity contribution in [1.82, 2.24) is 5.32 Å². The molecule has 1 atom stereocenters. The zero-order chi connectivity index (χ0) is 22.3. The SMILES string of the molecule is NC[C@H](NC(=O)c1c(Cl)cc2c(c1Cl)CCN2C(=O)c1cc2ccccc2o1)C(=O)O. The Morgan fingerprint density at radius 2 is 1.97 bits per heavy atom. The van der Waals surface area contributed by atoms with E-state index in [-0.39, 0.29) is 33.8 Å². The van der Waals surface area contributed by atoms with Crippen molar-refractivity contribution in [1.29, 1.82) is 0 Å². The Hall–Kier alpha value is -3.07. The lowest BCUT2D eigenvalue weighted by atomic mass is 10.1. The molecule has 0 fully saturated rings. The van der Waals surface area contributed by atoms with Crippen LogP contribution in [0.5, 0.6) is 0 Å². The summed E-state index contributed by atoms with van der Waals surface area (Å²) in [5.74, 6) is -2.20. The molecule has 0 radical (unpaired) electrons. The van der Waals surface area contributed by atoms with Gasteiger partial charge in [-0.1, -0.05) is 41.4 Å². The molecule has 3 aromatic rings. The van der Waals surface area contributed by atoms with Gasteiger partial charge in [0.25, 0.3) is 11.8 Å². The summed E-state index contributed by atoms with van der Waals surface area (Å²) in [6.45, 7) is 0.0356. The summed E-state index contributed by atoms with van der Waals surface area (Å²) >= 11 is 12.8. The van der Waals surface area contributed by atoms with Crippen molar-refractivity contribution in [2.24, 2.45) is 5.73 Å². The number of furan rings is 1. The van der Waals surface area contributed by atoms with E-state index in [1.165, 1.54) is 11.0 Å². The molecule has 8 nitrogen and oxygen atoms in total. The molecular weight excluding hydrogens is 445 g/mol. The monoisotopic (exact) mass is 461 g/mol. The number of fused-ring (bicyclic) bond motifs is 2. The summed E-state index contributed by atoms with van der Waals surface area (Å²) in [5.41, 5.74) is 6.98. The molecule has 0 unspecified atom stereocenters. The minimum absolute atomic E-state index is 0.00767. The summed E-state index contributed by atoms with van der Waals surface area (Å²) < 4.78 is 5.67. The molecule has 1 aliphatic heterocycles. The highest BCUT2D eigenvalue weighted by atomic mass is 35.5. The van der Waals surface area contributed by atoms with Crippen LogP contribution in [0.25, 0.3) is 11.0 Å². The minimum Gasteiger partial charge on any atom is -0.480 e. The van der Waals surface area contributed by atoms with E-state index in [1.807, 2.05) is 18.2 Å². The predicted molar refractivity (Wildman–Crippen MR) is 116 cm³/mol. The number of nitrogens with one attached hydrogen (secondary N) is 1. The third kappa shape index (κ3) is 3.74. The lowest BCUT2D eigenvalue weighted by Gasteiger charge is -2.19. The first-order valence-corrected chi connectivity index (χ1v) is 10.1. The Bertz CT molecular complexity index is 1190. The first-order valence-electron chi connectivity index (χ1n) is 9.37. The Kier molecular flexibility index (Phi) is 5.62. The predicted octanol–water partition coefficient (Wildman–Crippen LogP) is 3.08. The van der Waals surface area contributed by atoms with E-state index in [2.05, 4.69) is 5.32 Å². The lowest BCUT2D eigenvalue weighted by molar-refractivity contribution is -0.138. The largest absolute Gasteiger partial charge is 0.480 e. The molecule has 10 heteroatoms. The number of nitrogens with two attached hydrogens (primary N) is 1. The van der Waals surface area contributed by atoms with E-state index >= 15 is 0 Å². The molecule has 0 aliphatic carbocycles. The number of halogens is 2. The van der Waals surface area contributed by atoms with Crippen LogP contribution >= 0.6 is 23.2 Å². The number of carbonyl (C=O) groups excluding carboxylic acids is 2. The van der Waals surface area contributed by atoms with Crippen molar-refractivity contribution in [3.05, 3.63) is 63.3 Å². The molecule has 1 aromatic heterocycles. The van der Waals surface area contributed by atoms with Crippen molar-refractivity contribution in [3.63, 3.8) is 0 Å². The Morgan fingerprint density at radius 3 is 2.65 bits per heavy atom. The van der Waals surface area contributed by atoms with E-state index in [9.17, 15) is 14.4 Å². The maximum Gasteiger partial charge on any atom is 0.327 e. The van der Waals surface area contributed by atoms with Crippen LogP contribution in [0.2, 0.25) is 10.0 Å². The van der Waals surface area contributed by atoms with Gasteiger partial charge in [-0.15, -0.1) is 0 Å². The zero-order valence-corrected chi connectivity index (χ0v) is 17.5. The third-order valence-corrected chi connectivity index (χ3v) is 5.83. The third-order valence-electron chi connectivity index (χ3n) is 5.12. The van der Waals surface area contributed by atoms with Gasteiger partial charge in [0.15, 0.2) is 5.76 Å². The van der Waals surface area contributed by atoms with Crippen LogP contribution in [0.1, 0.15) is 26.5 Å². The molecule has 0 bridgehead atoms. The summed E-state index contributed by atoms with van der Waals surface area (Å²) in [5, 5.41) is 12.3. The van der Waals surface area contributed by atoms with Crippen molar-refractivity contribution in [3.8, 4) is 0 Å². The first kappa shape index (κ1) is 21.2. The number of anilines is 1. The minimum atomic E-state index is -1.28. The topological polar surface area (TPSA) is 126 Å². The lowest BCUT2D eigenvalue weighted by Crippen LogP contribution is -2.45. The highest BCUT2D eigenvalue weighted by molar-refractivity contribution is 6.41. The van der Waals surface area contributed by atoms with Crippen LogP contribution in [-0.2, 0) is 11.2 Å². The van der Waals surface area contributed by atoms with Gasteiger partial charge in [0.05, 0.1) is 21.3 Å². The van der Waals surface area contributed by atoms with E-state index < -0.39 is 17.9 Å². The number of hydrogen-bond donors (Lipinski definition) is 3. The normalized spacial score (nSPS) is 13.8. The van der Waals surface area contributed by atoms with E-state index in [0.29, 0.717) is 29.8 Å². The Balaban J connectivity index is 1.66. The average molecular weight is 462 g/mol. The van der Waals surface area contributed by atoms with Crippen molar-refractivity contribution in [2.75, 3.05) is 18.0 Å². The molecule has 4 N–H and O–H groups in total. The highest BCUT2D eigenvalue weighted by Crippen LogP contribution is 2.40. The van der Waals surface area contributed by atoms with Gasteiger partial charge in [-0.2, -0.15) is 0 Å². The summed E-state index contributed by atoms with van der Waals surface area (Å²) in [4.78, 5) is 38.3. The zero-order valence-electron chi connectivity index (χ0n) is 16.0. The molecule has 31 heavy (non-hydrogen) atoms. The van der Waals surface area contributed by atoms with Crippen LogP contribution in [-0.4, -0.2) is 42.0 Å².